The number of hydrogen-bond donors (Lipinski definition) is 1. The minimum Gasteiger partial charge on any atom is -0.328 e. The van der Waals surface area contributed by atoms with Gasteiger partial charge in [0.1, 0.15) is 17.2 Å². The van der Waals surface area contributed by atoms with Gasteiger partial charge < -0.3 is 4.90 Å². The van der Waals surface area contributed by atoms with E-state index in [1.807, 2.05) is 6.07 Å². The fourth-order valence-electron chi connectivity index (χ4n) is 3.43. The number of nitrogens with zero attached hydrogens (tertiary/aromatic N) is 2. The summed E-state index contributed by atoms with van der Waals surface area (Å²) in [4.78, 5) is 6.54. The number of aromatic nitrogens is 1. The first kappa shape index (κ1) is 19.3. The molecule has 1 saturated heterocycles. The van der Waals surface area contributed by atoms with Gasteiger partial charge in [0, 0.05) is 10.9 Å². The molecule has 1 aromatic heterocycles. The summed E-state index contributed by atoms with van der Waals surface area (Å²) in [6.45, 7) is 5.59. The maximum Gasteiger partial charge on any atom is 0.243 e. The van der Waals surface area contributed by atoms with Gasteiger partial charge in [0.05, 0.1) is 31.1 Å². The van der Waals surface area contributed by atoms with E-state index in [2.05, 4.69) is 36.6 Å². The number of rotatable bonds is 5. The minimum atomic E-state index is -3.39. The summed E-state index contributed by atoms with van der Waals surface area (Å²) >= 11 is 1.67. The molecule has 1 fully saturated rings. The molecule has 1 N–H and O–H groups in total. The van der Waals surface area contributed by atoms with Gasteiger partial charge in [-0.15, -0.1) is 11.3 Å². The van der Waals surface area contributed by atoms with Gasteiger partial charge in [-0.2, -0.15) is 4.31 Å². The van der Waals surface area contributed by atoms with E-state index in [-0.39, 0.29) is 0 Å². The summed E-state index contributed by atoms with van der Waals surface area (Å²) in [5, 5.41) is 3.16. The molecular weight excluding hydrogens is 390 g/mol. The molecule has 0 saturated carbocycles. The molecule has 0 bridgehead atoms. The Labute approximate surface area is 170 Å². The molecule has 4 rings (SSSR count). The number of quaternary nitrogens is 1. The Morgan fingerprint density at radius 1 is 1.04 bits per heavy atom. The van der Waals surface area contributed by atoms with Crippen LogP contribution in [0.2, 0.25) is 0 Å². The third-order valence-electron chi connectivity index (χ3n) is 5.09. The maximum absolute atomic E-state index is 12.7. The van der Waals surface area contributed by atoms with Crippen molar-refractivity contribution in [2.24, 2.45) is 0 Å². The van der Waals surface area contributed by atoms with Crippen molar-refractivity contribution in [1.82, 2.24) is 9.29 Å². The molecule has 2 aromatic carbocycles. The third kappa shape index (κ3) is 4.17. The molecule has 0 unspecified atom stereocenters. The highest BCUT2D eigenvalue weighted by atomic mass is 32.2. The molecule has 0 aliphatic carbocycles. The van der Waals surface area contributed by atoms with Gasteiger partial charge in [-0.3, -0.25) is 0 Å². The van der Waals surface area contributed by atoms with Crippen molar-refractivity contribution in [2.45, 2.75) is 18.4 Å². The predicted molar refractivity (Wildman–Crippen MR) is 112 cm³/mol. The molecule has 28 heavy (non-hydrogen) atoms. The summed E-state index contributed by atoms with van der Waals surface area (Å²) in [6.07, 6.45) is 0. The lowest BCUT2D eigenvalue weighted by Gasteiger charge is -2.31. The SMILES string of the molecule is Cc1ccc(-c2nc(C[NH+]3CCN(S(=O)(=O)c4ccccc4)CC3)cs2)cc1. The summed E-state index contributed by atoms with van der Waals surface area (Å²) in [7, 11) is -3.39. The largest absolute Gasteiger partial charge is 0.328 e. The monoisotopic (exact) mass is 414 g/mol. The standard InChI is InChI=1S/C21H23N3O2S2/c1-17-7-9-18(10-8-17)21-22-19(16-27-21)15-23-11-13-24(14-12-23)28(25,26)20-5-3-2-4-6-20/h2-10,16H,11-15H2,1H3/p+1. The second-order valence-corrected chi connectivity index (χ2v) is 9.95. The zero-order valence-electron chi connectivity index (χ0n) is 15.8. The maximum atomic E-state index is 12.7. The van der Waals surface area contributed by atoms with Crippen LogP contribution >= 0.6 is 11.3 Å². The van der Waals surface area contributed by atoms with E-state index >= 15 is 0 Å². The number of thiazole rings is 1. The van der Waals surface area contributed by atoms with Gasteiger partial charge >= 0.3 is 0 Å². The Morgan fingerprint density at radius 2 is 1.71 bits per heavy atom. The smallest absolute Gasteiger partial charge is 0.243 e. The number of nitrogens with one attached hydrogen (secondary N) is 1. The molecule has 2 heterocycles. The quantitative estimate of drug-likeness (QED) is 0.697. The molecule has 146 valence electrons. The van der Waals surface area contributed by atoms with Crippen LogP contribution in [0.25, 0.3) is 10.6 Å². The van der Waals surface area contributed by atoms with E-state index in [1.54, 1.807) is 39.9 Å². The van der Waals surface area contributed by atoms with Crippen LogP contribution in [-0.2, 0) is 16.6 Å². The van der Waals surface area contributed by atoms with Crippen LogP contribution in [-0.4, -0.2) is 43.9 Å². The third-order valence-corrected chi connectivity index (χ3v) is 7.94. The van der Waals surface area contributed by atoms with Crippen LogP contribution in [0.1, 0.15) is 11.3 Å². The Morgan fingerprint density at radius 3 is 2.39 bits per heavy atom. The van der Waals surface area contributed by atoms with E-state index in [0.717, 1.165) is 35.9 Å². The van der Waals surface area contributed by atoms with Crippen molar-refractivity contribution >= 4 is 21.4 Å². The Hall–Kier alpha value is -2.06. The first-order valence-electron chi connectivity index (χ1n) is 9.42. The van der Waals surface area contributed by atoms with Crippen molar-refractivity contribution in [3.05, 3.63) is 71.2 Å². The fourth-order valence-corrected chi connectivity index (χ4v) is 5.72. The summed E-state index contributed by atoms with van der Waals surface area (Å²) < 4.78 is 27.1. The predicted octanol–water partition coefficient (Wildman–Crippen LogP) is 2.21. The molecule has 0 atom stereocenters. The molecule has 0 spiro atoms. The minimum absolute atomic E-state index is 0.376. The highest BCUT2D eigenvalue weighted by Gasteiger charge is 2.30. The normalized spacial score (nSPS) is 16.3. The van der Waals surface area contributed by atoms with Gasteiger partial charge in [-0.05, 0) is 19.1 Å². The van der Waals surface area contributed by atoms with Gasteiger partial charge in [0.15, 0.2) is 0 Å². The lowest BCUT2D eigenvalue weighted by atomic mass is 10.2. The average molecular weight is 415 g/mol. The van der Waals surface area contributed by atoms with Crippen molar-refractivity contribution in [1.29, 1.82) is 0 Å². The lowest BCUT2D eigenvalue weighted by Crippen LogP contribution is -3.13. The average Bonchev–Trinajstić information content (AvgIpc) is 3.18. The zero-order valence-corrected chi connectivity index (χ0v) is 17.5. The van der Waals surface area contributed by atoms with E-state index in [4.69, 9.17) is 4.98 Å². The fraction of sp³-hybridized carbons (Fsp3) is 0.286. The van der Waals surface area contributed by atoms with Crippen LogP contribution in [0.4, 0.5) is 0 Å². The Kier molecular flexibility index (Phi) is 5.59. The molecule has 1 aliphatic rings. The molecule has 0 amide bonds. The van der Waals surface area contributed by atoms with Crippen LogP contribution in [0, 0.1) is 6.92 Å². The summed E-state index contributed by atoms with van der Waals surface area (Å²) in [5.74, 6) is 0. The van der Waals surface area contributed by atoms with Crippen molar-refractivity contribution in [2.75, 3.05) is 26.2 Å². The topological polar surface area (TPSA) is 54.7 Å². The number of hydrogen-bond acceptors (Lipinski definition) is 4. The molecule has 1 aliphatic heterocycles. The number of sulfonamides is 1. The molecule has 5 nitrogen and oxygen atoms in total. The Bertz CT molecular complexity index is 1020. The molecule has 0 radical (unpaired) electrons. The van der Waals surface area contributed by atoms with Gasteiger partial charge in [0.2, 0.25) is 10.0 Å². The van der Waals surface area contributed by atoms with Crippen LogP contribution in [0.3, 0.4) is 0 Å². The van der Waals surface area contributed by atoms with E-state index in [0.29, 0.717) is 18.0 Å². The Balaban J connectivity index is 1.37. The van der Waals surface area contributed by atoms with Crippen molar-refractivity contribution in [3.8, 4) is 10.6 Å². The second-order valence-electron chi connectivity index (χ2n) is 7.15. The van der Waals surface area contributed by atoms with Crippen molar-refractivity contribution < 1.29 is 13.3 Å². The summed E-state index contributed by atoms with van der Waals surface area (Å²) in [6, 6.07) is 17.1. The zero-order chi connectivity index (χ0) is 19.6. The molecule has 3 aromatic rings. The van der Waals surface area contributed by atoms with Gasteiger partial charge in [-0.1, -0.05) is 48.0 Å². The van der Waals surface area contributed by atoms with Gasteiger partial charge in [0.25, 0.3) is 0 Å². The highest BCUT2D eigenvalue weighted by molar-refractivity contribution is 7.89. The van der Waals surface area contributed by atoms with Crippen LogP contribution < -0.4 is 4.90 Å². The lowest BCUT2D eigenvalue weighted by molar-refractivity contribution is -0.917. The highest BCUT2D eigenvalue weighted by Crippen LogP contribution is 2.23. The first-order valence-corrected chi connectivity index (χ1v) is 11.7. The first-order chi connectivity index (χ1) is 13.5. The van der Waals surface area contributed by atoms with E-state index < -0.39 is 10.0 Å². The number of piperazine rings is 1. The number of aryl methyl sites for hydroxylation is 1. The molecular formula is C21H24N3O2S2+. The second kappa shape index (κ2) is 8.13. The molecule has 7 heteroatoms. The van der Waals surface area contributed by atoms with E-state index in [9.17, 15) is 8.42 Å². The number of benzene rings is 2. The van der Waals surface area contributed by atoms with Crippen molar-refractivity contribution in [3.63, 3.8) is 0 Å². The van der Waals surface area contributed by atoms with E-state index in [1.165, 1.54) is 10.5 Å². The van der Waals surface area contributed by atoms with Crippen LogP contribution in [0.5, 0.6) is 0 Å². The van der Waals surface area contributed by atoms with Crippen LogP contribution in [0.15, 0.2) is 64.9 Å². The summed E-state index contributed by atoms with van der Waals surface area (Å²) in [5.41, 5.74) is 3.47. The van der Waals surface area contributed by atoms with Gasteiger partial charge in [-0.25, -0.2) is 13.4 Å².